The third-order valence-corrected chi connectivity index (χ3v) is 5.85. The summed E-state index contributed by atoms with van der Waals surface area (Å²) in [5.41, 5.74) is 0.297. The third kappa shape index (κ3) is 4.31. The van der Waals surface area contributed by atoms with Gasteiger partial charge in [0, 0.05) is 25.2 Å². The lowest BCUT2D eigenvalue weighted by Crippen LogP contribution is -2.47. The van der Waals surface area contributed by atoms with Crippen LogP contribution in [0.3, 0.4) is 0 Å². The Kier molecular flexibility index (Phi) is 5.58. The molecule has 1 heterocycles. The Morgan fingerprint density at radius 2 is 2.04 bits per heavy atom. The highest BCUT2D eigenvalue weighted by Crippen LogP contribution is 2.20. The Morgan fingerprint density at radius 1 is 1.33 bits per heavy atom. The minimum absolute atomic E-state index is 0.0490. The molecule has 1 aromatic rings. The number of nitrogens with zero attached hydrogens (tertiary/aromatic N) is 2. The topological polar surface area (TPSA) is 74.8 Å². The van der Waals surface area contributed by atoms with Gasteiger partial charge in [-0.2, -0.15) is 0 Å². The predicted molar refractivity (Wildman–Crippen MR) is 88.9 cm³/mol. The van der Waals surface area contributed by atoms with Crippen molar-refractivity contribution < 1.29 is 22.4 Å². The SMILES string of the molecule is CCN(C(=O)CN(C(C)=O)c1cccc(F)c1)C1CCS(=O)(=O)C1. The summed E-state index contributed by atoms with van der Waals surface area (Å²) in [6.07, 6.45) is 0.405. The number of hydrogen-bond donors (Lipinski definition) is 0. The maximum atomic E-state index is 13.4. The summed E-state index contributed by atoms with van der Waals surface area (Å²) < 4.78 is 36.6. The Labute approximate surface area is 141 Å². The van der Waals surface area contributed by atoms with Crippen molar-refractivity contribution in [2.75, 3.05) is 29.5 Å². The van der Waals surface area contributed by atoms with Crippen LogP contribution >= 0.6 is 0 Å². The van der Waals surface area contributed by atoms with Gasteiger partial charge in [0.05, 0.1) is 11.5 Å². The van der Waals surface area contributed by atoms with Crippen LogP contribution in [0.4, 0.5) is 10.1 Å². The average molecular weight is 356 g/mol. The van der Waals surface area contributed by atoms with Gasteiger partial charge in [-0.3, -0.25) is 9.59 Å². The first-order chi connectivity index (χ1) is 11.2. The van der Waals surface area contributed by atoms with E-state index in [1.807, 2.05) is 0 Å². The lowest BCUT2D eigenvalue weighted by Gasteiger charge is -2.30. The van der Waals surface area contributed by atoms with E-state index in [4.69, 9.17) is 0 Å². The Morgan fingerprint density at radius 3 is 2.54 bits per heavy atom. The molecule has 0 saturated carbocycles. The molecule has 0 aromatic heterocycles. The number of sulfone groups is 1. The molecule has 2 rings (SSSR count). The fourth-order valence-corrected chi connectivity index (χ4v) is 4.64. The highest BCUT2D eigenvalue weighted by atomic mass is 32.2. The van der Waals surface area contributed by atoms with E-state index >= 15 is 0 Å². The second-order valence-electron chi connectivity index (χ2n) is 5.82. The number of likely N-dealkylation sites (N-methyl/N-ethyl adjacent to an activating group) is 1. The molecule has 0 radical (unpaired) electrons. The molecular weight excluding hydrogens is 335 g/mol. The molecule has 24 heavy (non-hydrogen) atoms. The summed E-state index contributed by atoms with van der Waals surface area (Å²) in [6, 6.07) is 5.09. The molecular formula is C16H21FN2O4S. The first kappa shape index (κ1) is 18.4. The van der Waals surface area contributed by atoms with Crippen molar-refractivity contribution in [3.63, 3.8) is 0 Å². The summed E-state index contributed by atoms with van der Waals surface area (Å²) in [7, 11) is -3.11. The molecule has 1 fully saturated rings. The normalized spacial score (nSPS) is 19.0. The number of halogens is 1. The minimum atomic E-state index is -3.11. The molecule has 6 nitrogen and oxygen atoms in total. The summed E-state index contributed by atoms with van der Waals surface area (Å²) >= 11 is 0. The van der Waals surface area contributed by atoms with Crippen LogP contribution in [0.15, 0.2) is 24.3 Å². The molecule has 0 N–H and O–H groups in total. The zero-order valence-corrected chi connectivity index (χ0v) is 14.6. The summed E-state index contributed by atoms with van der Waals surface area (Å²) in [5, 5.41) is 0. The van der Waals surface area contributed by atoms with Crippen molar-refractivity contribution in [3.05, 3.63) is 30.1 Å². The van der Waals surface area contributed by atoms with Crippen molar-refractivity contribution in [2.24, 2.45) is 0 Å². The van der Waals surface area contributed by atoms with Gasteiger partial charge in [-0.25, -0.2) is 12.8 Å². The highest BCUT2D eigenvalue weighted by Gasteiger charge is 2.34. The van der Waals surface area contributed by atoms with Gasteiger partial charge in [0.1, 0.15) is 12.4 Å². The molecule has 1 aliphatic heterocycles. The van der Waals surface area contributed by atoms with Crippen LogP contribution < -0.4 is 4.90 Å². The van der Waals surface area contributed by atoms with Crippen LogP contribution in [-0.4, -0.2) is 55.8 Å². The van der Waals surface area contributed by atoms with Gasteiger partial charge in [0.25, 0.3) is 0 Å². The van der Waals surface area contributed by atoms with E-state index in [2.05, 4.69) is 0 Å². The minimum Gasteiger partial charge on any atom is -0.337 e. The molecule has 1 saturated heterocycles. The molecule has 0 aliphatic carbocycles. The van der Waals surface area contributed by atoms with Gasteiger partial charge in [0.15, 0.2) is 9.84 Å². The lowest BCUT2D eigenvalue weighted by molar-refractivity contribution is -0.132. The van der Waals surface area contributed by atoms with E-state index in [1.54, 1.807) is 13.0 Å². The molecule has 8 heteroatoms. The second kappa shape index (κ2) is 7.29. The van der Waals surface area contributed by atoms with Crippen molar-refractivity contribution in [1.29, 1.82) is 0 Å². The van der Waals surface area contributed by atoms with E-state index < -0.39 is 15.7 Å². The number of hydrogen-bond acceptors (Lipinski definition) is 4. The highest BCUT2D eigenvalue weighted by molar-refractivity contribution is 7.91. The Bertz CT molecular complexity index is 735. The smallest absolute Gasteiger partial charge is 0.242 e. The average Bonchev–Trinajstić information content (AvgIpc) is 2.85. The van der Waals surface area contributed by atoms with Crippen LogP contribution in [0.1, 0.15) is 20.3 Å². The van der Waals surface area contributed by atoms with Crippen LogP contribution in [0.25, 0.3) is 0 Å². The van der Waals surface area contributed by atoms with Gasteiger partial charge < -0.3 is 9.80 Å². The number of amides is 2. The van der Waals surface area contributed by atoms with E-state index in [-0.39, 0.29) is 35.9 Å². The lowest BCUT2D eigenvalue weighted by atomic mass is 10.2. The zero-order chi connectivity index (χ0) is 17.9. The van der Waals surface area contributed by atoms with Crippen LogP contribution in [0.2, 0.25) is 0 Å². The molecule has 1 atom stereocenters. The second-order valence-corrected chi connectivity index (χ2v) is 8.05. The Hall–Kier alpha value is -1.96. The van der Waals surface area contributed by atoms with Crippen LogP contribution in [0, 0.1) is 5.82 Å². The molecule has 1 unspecified atom stereocenters. The van der Waals surface area contributed by atoms with Crippen LogP contribution in [0.5, 0.6) is 0 Å². The maximum Gasteiger partial charge on any atom is 0.242 e. The Balaban J connectivity index is 2.16. The number of carbonyl (C=O) groups is 2. The first-order valence-electron chi connectivity index (χ1n) is 7.77. The van der Waals surface area contributed by atoms with Gasteiger partial charge in [-0.1, -0.05) is 6.07 Å². The summed E-state index contributed by atoms with van der Waals surface area (Å²) in [6.45, 7) is 3.18. The van der Waals surface area contributed by atoms with Crippen molar-refractivity contribution >= 4 is 27.3 Å². The van der Waals surface area contributed by atoms with Crippen molar-refractivity contribution in [1.82, 2.24) is 4.90 Å². The maximum absolute atomic E-state index is 13.4. The molecule has 1 aliphatic rings. The molecule has 2 amide bonds. The summed E-state index contributed by atoms with van der Waals surface area (Å²) in [4.78, 5) is 27.1. The van der Waals surface area contributed by atoms with Crippen molar-refractivity contribution in [2.45, 2.75) is 26.3 Å². The molecule has 132 valence electrons. The van der Waals surface area contributed by atoms with E-state index in [1.165, 1.54) is 34.9 Å². The number of rotatable bonds is 5. The van der Waals surface area contributed by atoms with Gasteiger partial charge in [0.2, 0.25) is 11.8 Å². The standard InChI is InChI=1S/C16H21FN2O4S/c1-3-18(15-7-8-24(22,23)11-15)16(21)10-19(12(2)20)14-6-4-5-13(17)9-14/h4-6,9,15H,3,7-8,10-11H2,1-2H3. The monoisotopic (exact) mass is 356 g/mol. The predicted octanol–water partition coefficient (Wildman–Crippen LogP) is 1.21. The summed E-state index contributed by atoms with van der Waals surface area (Å²) in [5.74, 6) is -1.21. The van der Waals surface area contributed by atoms with E-state index in [0.717, 1.165) is 0 Å². The number of carbonyl (C=O) groups excluding carboxylic acids is 2. The van der Waals surface area contributed by atoms with Crippen LogP contribution in [-0.2, 0) is 19.4 Å². The number of benzene rings is 1. The fraction of sp³-hybridized carbons (Fsp3) is 0.500. The quantitative estimate of drug-likeness (QED) is 0.795. The van der Waals surface area contributed by atoms with Gasteiger partial charge in [-0.15, -0.1) is 0 Å². The van der Waals surface area contributed by atoms with Gasteiger partial charge >= 0.3 is 0 Å². The van der Waals surface area contributed by atoms with Crippen molar-refractivity contribution in [3.8, 4) is 0 Å². The first-order valence-corrected chi connectivity index (χ1v) is 9.59. The van der Waals surface area contributed by atoms with E-state index in [9.17, 15) is 22.4 Å². The molecule has 0 spiro atoms. The number of anilines is 1. The fourth-order valence-electron chi connectivity index (χ4n) is 2.91. The zero-order valence-electron chi connectivity index (χ0n) is 13.7. The molecule has 0 bridgehead atoms. The molecule has 1 aromatic carbocycles. The van der Waals surface area contributed by atoms with E-state index in [0.29, 0.717) is 18.7 Å². The third-order valence-electron chi connectivity index (χ3n) is 4.10. The largest absolute Gasteiger partial charge is 0.337 e. The van der Waals surface area contributed by atoms with Gasteiger partial charge in [-0.05, 0) is 31.5 Å².